The highest BCUT2D eigenvalue weighted by Crippen LogP contribution is 2.51. The SMILES string of the molecule is O=[N+]([O-])c1cc(C2CCC(c3cc([N+](=O)[O-])c(Cl)cc3F)N2c2cc(F)c(N3CCC(c4ccc(F)cc4)CC3)c(F)c2)c(F)cc1Cl. The topological polar surface area (TPSA) is 92.8 Å². The molecule has 2 fully saturated rings. The van der Waals surface area contributed by atoms with Crippen LogP contribution in [0.15, 0.2) is 60.7 Å². The number of nitro benzene ring substituents is 2. The van der Waals surface area contributed by atoms with E-state index in [1.165, 1.54) is 17.0 Å². The molecule has 0 aliphatic carbocycles. The summed E-state index contributed by atoms with van der Waals surface area (Å²) in [6, 6.07) is 9.25. The molecule has 2 saturated heterocycles. The number of hydrogen-bond donors (Lipinski definition) is 0. The van der Waals surface area contributed by atoms with Crippen LogP contribution in [0, 0.1) is 49.3 Å². The predicted molar refractivity (Wildman–Crippen MR) is 170 cm³/mol. The molecule has 250 valence electrons. The molecule has 0 spiro atoms. The molecule has 6 rings (SSSR count). The zero-order valence-electron chi connectivity index (χ0n) is 24.8. The fraction of sp³-hybridized carbons (Fsp3) is 0.273. The van der Waals surface area contributed by atoms with Gasteiger partial charge < -0.3 is 9.80 Å². The Morgan fingerprint density at radius 1 is 0.646 bits per heavy atom. The van der Waals surface area contributed by atoms with Crippen LogP contribution in [0.3, 0.4) is 0 Å². The van der Waals surface area contributed by atoms with E-state index in [2.05, 4.69) is 0 Å². The van der Waals surface area contributed by atoms with E-state index in [0.29, 0.717) is 25.9 Å². The molecule has 2 aliphatic heterocycles. The number of nitrogens with zero attached hydrogens (tertiary/aromatic N) is 4. The van der Waals surface area contributed by atoms with Gasteiger partial charge in [0.1, 0.15) is 33.2 Å². The molecule has 8 nitrogen and oxygen atoms in total. The molecule has 0 amide bonds. The first-order valence-electron chi connectivity index (χ1n) is 14.9. The van der Waals surface area contributed by atoms with E-state index in [-0.39, 0.29) is 47.1 Å². The summed E-state index contributed by atoms with van der Waals surface area (Å²) in [7, 11) is 0. The van der Waals surface area contributed by atoms with E-state index in [4.69, 9.17) is 23.2 Å². The third-order valence-electron chi connectivity index (χ3n) is 9.08. The molecule has 0 radical (unpaired) electrons. The Bertz CT molecular complexity index is 1820. The molecular weight excluding hydrogens is 682 g/mol. The maximum Gasteiger partial charge on any atom is 0.288 e. The Kier molecular flexibility index (Phi) is 9.18. The summed E-state index contributed by atoms with van der Waals surface area (Å²) in [4.78, 5) is 24.5. The number of piperidine rings is 1. The zero-order valence-corrected chi connectivity index (χ0v) is 26.3. The maximum atomic E-state index is 16.0. The summed E-state index contributed by atoms with van der Waals surface area (Å²) < 4.78 is 76.2. The highest BCUT2D eigenvalue weighted by atomic mass is 35.5. The Hall–Kier alpha value is -4.49. The first-order chi connectivity index (χ1) is 22.8. The van der Waals surface area contributed by atoms with E-state index in [1.807, 2.05) is 0 Å². The zero-order chi connectivity index (χ0) is 34.4. The lowest BCUT2D eigenvalue weighted by atomic mass is 9.89. The van der Waals surface area contributed by atoms with Crippen molar-refractivity contribution in [2.45, 2.75) is 43.7 Å². The van der Waals surface area contributed by atoms with Crippen molar-refractivity contribution in [1.29, 1.82) is 0 Å². The third kappa shape index (κ3) is 6.24. The molecule has 4 aromatic rings. The second-order valence-corrected chi connectivity index (χ2v) is 12.6. The second-order valence-electron chi connectivity index (χ2n) is 11.8. The van der Waals surface area contributed by atoms with Crippen molar-refractivity contribution in [2.75, 3.05) is 22.9 Å². The lowest BCUT2D eigenvalue weighted by Gasteiger charge is -2.36. The van der Waals surface area contributed by atoms with Crippen molar-refractivity contribution in [1.82, 2.24) is 0 Å². The average Bonchev–Trinajstić information content (AvgIpc) is 3.46. The molecule has 15 heteroatoms. The van der Waals surface area contributed by atoms with Crippen LogP contribution in [0.2, 0.25) is 10.0 Å². The summed E-state index contributed by atoms with van der Waals surface area (Å²) in [6.45, 7) is 0.590. The van der Waals surface area contributed by atoms with Gasteiger partial charge in [0.2, 0.25) is 0 Å². The second kappa shape index (κ2) is 13.2. The molecule has 2 atom stereocenters. The summed E-state index contributed by atoms with van der Waals surface area (Å²) in [5.41, 5.74) is -1.21. The Balaban J connectivity index is 1.40. The highest BCUT2D eigenvalue weighted by Gasteiger charge is 2.41. The average molecular weight is 707 g/mol. The van der Waals surface area contributed by atoms with Crippen LogP contribution in [0.5, 0.6) is 0 Å². The van der Waals surface area contributed by atoms with Crippen molar-refractivity contribution in [3.05, 3.63) is 137 Å². The fourth-order valence-electron chi connectivity index (χ4n) is 6.85. The van der Waals surface area contributed by atoms with Crippen LogP contribution in [0.25, 0.3) is 0 Å². The van der Waals surface area contributed by atoms with Crippen molar-refractivity contribution >= 4 is 46.0 Å². The maximum absolute atomic E-state index is 16.0. The summed E-state index contributed by atoms with van der Waals surface area (Å²) in [6.07, 6.45) is 1.15. The Morgan fingerprint density at radius 2 is 1.10 bits per heavy atom. The van der Waals surface area contributed by atoms with Gasteiger partial charge in [-0.05, 0) is 73.6 Å². The van der Waals surface area contributed by atoms with Crippen molar-refractivity contribution in [3.63, 3.8) is 0 Å². The summed E-state index contributed by atoms with van der Waals surface area (Å²) in [5, 5.41) is 22.4. The van der Waals surface area contributed by atoms with E-state index in [0.717, 1.165) is 42.0 Å². The normalized spacial score (nSPS) is 18.4. The van der Waals surface area contributed by atoms with Crippen LogP contribution >= 0.6 is 23.2 Å². The lowest BCUT2D eigenvalue weighted by Crippen LogP contribution is -2.34. The molecule has 2 unspecified atom stereocenters. The van der Waals surface area contributed by atoms with E-state index >= 15 is 17.6 Å². The molecule has 4 aromatic carbocycles. The van der Waals surface area contributed by atoms with Crippen LogP contribution in [-0.2, 0) is 0 Å². The van der Waals surface area contributed by atoms with Gasteiger partial charge in [-0.25, -0.2) is 22.0 Å². The predicted octanol–water partition coefficient (Wildman–Crippen LogP) is 9.97. The monoisotopic (exact) mass is 706 g/mol. The number of hydrogen-bond acceptors (Lipinski definition) is 6. The minimum Gasteiger partial charge on any atom is -0.367 e. The quantitative estimate of drug-likeness (QED) is 0.108. The molecule has 0 bridgehead atoms. The first kappa shape index (κ1) is 33.4. The number of benzene rings is 4. The largest absolute Gasteiger partial charge is 0.367 e. The molecule has 0 aromatic heterocycles. The van der Waals surface area contributed by atoms with Gasteiger partial charge in [-0.1, -0.05) is 35.3 Å². The van der Waals surface area contributed by atoms with E-state index in [1.54, 1.807) is 17.0 Å². The smallest absolute Gasteiger partial charge is 0.288 e. The molecule has 0 N–H and O–H groups in total. The molecule has 0 saturated carbocycles. The van der Waals surface area contributed by atoms with E-state index < -0.39 is 66.6 Å². The van der Waals surface area contributed by atoms with Crippen LogP contribution in [-0.4, -0.2) is 22.9 Å². The van der Waals surface area contributed by atoms with Gasteiger partial charge in [-0.15, -0.1) is 0 Å². The van der Waals surface area contributed by atoms with Gasteiger partial charge in [0.05, 0.1) is 21.9 Å². The van der Waals surface area contributed by atoms with Gasteiger partial charge in [0.25, 0.3) is 11.4 Å². The number of rotatable bonds is 7. The number of halogens is 7. The number of nitro groups is 2. The van der Waals surface area contributed by atoms with Crippen LogP contribution < -0.4 is 9.80 Å². The van der Waals surface area contributed by atoms with Gasteiger partial charge in [0.15, 0.2) is 11.6 Å². The standard InChI is InChI=1S/C33H25Cl2F5N4O4/c34-23-15-25(37)21(13-31(23)43(45)46)29-5-6-30(22-14-32(44(47)48)24(35)16-26(22)38)42(29)20-11-27(39)33(28(40)12-20)41-9-7-18(8-10-41)17-1-3-19(36)4-2-17/h1-4,11-16,18,29-30H,5-10H2. The molecule has 2 aliphatic rings. The summed E-state index contributed by atoms with van der Waals surface area (Å²) in [5.74, 6) is -4.10. The third-order valence-corrected chi connectivity index (χ3v) is 9.69. The van der Waals surface area contributed by atoms with Crippen LogP contribution in [0.4, 0.5) is 44.7 Å². The molecule has 48 heavy (non-hydrogen) atoms. The fourth-order valence-corrected chi connectivity index (χ4v) is 7.29. The Morgan fingerprint density at radius 3 is 1.54 bits per heavy atom. The minimum absolute atomic E-state index is 0.0259. The van der Waals surface area contributed by atoms with Crippen LogP contribution in [0.1, 0.15) is 60.4 Å². The molecular formula is C33H25Cl2F5N4O4. The minimum atomic E-state index is -1.11. The van der Waals surface area contributed by atoms with Crippen molar-refractivity contribution in [2.24, 2.45) is 0 Å². The van der Waals surface area contributed by atoms with Gasteiger partial charge >= 0.3 is 0 Å². The first-order valence-corrected chi connectivity index (χ1v) is 15.6. The number of anilines is 2. The van der Waals surface area contributed by atoms with Crippen molar-refractivity contribution < 1.29 is 31.8 Å². The Labute approximate surface area is 280 Å². The van der Waals surface area contributed by atoms with Gasteiger partial charge in [-0.2, -0.15) is 0 Å². The lowest BCUT2D eigenvalue weighted by molar-refractivity contribution is -0.384. The molecule has 2 heterocycles. The van der Waals surface area contributed by atoms with E-state index in [9.17, 15) is 24.6 Å². The van der Waals surface area contributed by atoms with Gasteiger partial charge in [0, 0.05) is 42.0 Å². The van der Waals surface area contributed by atoms with Crippen molar-refractivity contribution in [3.8, 4) is 0 Å². The summed E-state index contributed by atoms with van der Waals surface area (Å²) >= 11 is 11.8. The van der Waals surface area contributed by atoms with Gasteiger partial charge in [-0.3, -0.25) is 20.2 Å². The highest BCUT2D eigenvalue weighted by molar-refractivity contribution is 6.33.